The third-order valence-electron chi connectivity index (χ3n) is 1.70. The fourth-order valence-corrected chi connectivity index (χ4v) is 1.50. The second-order valence-electron chi connectivity index (χ2n) is 3.18. The van der Waals surface area contributed by atoms with Crippen molar-refractivity contribution < 1.29 is 0 Å². The van der Waals surface area contributed by atoms with Crippen molar-refractivity contribution in [1.82, 2.24) is 4.90 Å². The molecule has 0 fully saturated rings. The van der Waals surface area contributed by atoms with E-state index in [9.17, 15) is 0 Å². The lowest BCUT2D eigenvalue weighted by atomic mass is 10.2. The highest BCUT2D eigenvalue weighted by molar-refractivity contribution is 7.16. The Morgan fingerprint density at radius 2 is 1.50 bits per heavy atom. The van der Waals surface area contributed by atoms with Crippen molar-refractivity contribution in [3.05, 3.63) is 0 Å². The van der Waals surface area contributed by atoms with Crippen LogP contribution in [0.1, 0.15) is 27.7 Å². The van der Waals surface area contributed by atoms with E-state index in [1.165, 1.54) is 0 Å². The molecule has 0 aliphatic carbocycles. The molecule has 0 saturated carbocycles. The molecule has 0 bridgehead atoms. The molecule has 0 aromatic heterocycles. The van der Waals surface area contributed by atoms with Gasteiger partial charge in [-0.2, -0.15) is 0 Å². The lowest BCUT2D eigenvalue weighted by Gasteiger charge is -2.29. The average molecular weight is 160 g/mol. The zero-order chi connectivity index (χ0) is 8.15. The van der Waals surface area contributed by atoms with Crippen molar-refractivity contribution in [3.63, 3.8) is 0 Å². The van der Waals surface area contributed by atoms with E-state index in [2.05, 4.69) is 41.8 Å². The van der Waals surface area contributed by atoms with E-state index in [1.54, 1.807) is 0 Å². The van der Waals surface area contributed by atoms with Gasteiger partial charge in [0.25, 0.3) is 0 Å². The molecule has 0 rings (SSSR count). The van der Waals surface area contributed by atoms with Crippen molar-refractivity contribution >= 4 is 9.24 Å². The molecule has 1 nitrogen and oxygen atoms in total. The minimum atomic E-state index is 0.663. The minimum Gasteiger partial charge on any atom is -0.298 e. The van der Waals surface area contributed by atoms with Gasteiger partial charge in [0.1, 0.15) is 0 Å². The van der Waals surface area contributed by atoms with Crippen LogP contribution in [0.15, 0.2) is 0 Å². The first-order valence-corrected chi connectivity index (χ1v) is 4.70. The van der Waals surface area contributed by atoms with Crippen LogP contribution in [0, 0.1) is 0 Å². The van der Waals surface area contributed by atoms with Crippen LogP contribution in [0.2, 0.25) is 0 Å². The largest absolute Gasteiger partial charge is 0.298 e. The Morgan fingerprint density at radius 3 is 1.60 bits per heavy atom. The Bertz CT molecular complexity index is 73.3. The van der Waals surface area contributed by atoms with Gasteiger partial charge in [-0.05, 0) is 33.9 Å². The summed E-state index contributed by atoms with van der Waals surface area (Å²) in [4.78, 5) is 2.47. The average Bonchev–Trinajstić information content (AvgIpc) is 1.81. The normalized spacial score (nSPS) is 12.0. The summed E-state index contributed by atoms with van der Waals surface area (Å²) in [6, 6.07) is 1.33. The molecule has 10 heavy (non-hydrogen) atoms. The van der Waals surface area contributed by atoms with Gasteiger partial charge in [0.15, 0.2) is 0 Å². The van der Waals surface area contributed by atoms with Crippen molar-refractivity contribution in [1.29, 1.82) is 0 Å². The van der Waals surface area contributed by atoms with Crippen molar-refractivity contribution in [3.8, 4) is 0 Å². The maximum Gasteiger partial charge on any atom is 0.00414 e. The van der Waals surface area contributed by atoms with Crippen LogP contribution in [0.5, 0.6) is 0 Å². The summed E-state index contributed by atoms with van der Waals surface area (Å²) in [6.45, 7) is 10.1. The zero-order valence-electron chi connectivity index (χ0n) is 7.52. The van der Waals surface area contributed by atoms with E-state index in [4.69, 9.17) is 0 Å². The van der Waals surface area contributed by atoms with Crippen LogP contribution in [0.25, 0.3) is 0 Å². The molecule has 61 valence electrons. The molecule has 0 aromatic carbocycles. The summed E-state index contributed by atoms with van der Waals surface area (Å²) >= 11 is 0. The van der Waals surface area contributed by atoms with Gasteiger partial charge < -0.3 is 0 Å². The highest BCUT2D eigenvalue weighted by atomic mass is 31.0. The smallest absolute Gasteiger partial charge is 0.00414 e. The topological polar surface area (TPSA) is 3.24 Å². The summed E-state index contributed by atoms with van der Waals surface area (Å²) in [7, 11) is 3.49. The molecule has 0 aliphatic heterocycles. The van der Waals surface area contributed by atoms with Gasteiger partial charge in [0.2, 0.25) is 0 Å². The molecular formula is C8H19NP. The van der Waals surface area contributed by atoms with E-state index >= 15 is 0 Å². The van der Waals surface area contributed by atoms with Gasteiger partial charge in [-0.15, -0.1) is 0 Å². The second kappa shape index (κ2) is 5.09. The Balaban J connectivity index is 3.73. The molecule has 0 saturated heterocycles. The van der Waals surface area contributed by atoms with Crippen LogP contribution < -0.4 is 0 Å². The molecule has 0 unspecified atom stereocenters. The van der Waals surface area contributed by atoms with Gasteiger partial charge in [-0.3, -0.25) is 4.90 Å². The van der Waals surface area contributed by atoms with Gasteiger partial charge in [0, 0.05) is 18.6 Å². The van der Waals surface area contributed by atoms with Crippen molar-refractivity contribution in [2.24, 2.45) is 0 Å². The van der Waals surface area contributed by atoms with Crippen LogP contribution in [-0.4, -0.2) is 29.7 Å². The summed E-state index contributed by atoms with van der Waals surface area (Å²) in [5.74, 6) is 0. The predicted octanol–water partition coefficient (Wildman–Crippen LogP) is 2.25. The first-order chi connectivity index (χ1) is 4.59. The lowest BCUT2D eigenvalue weighted by molar-refractivity contribution is 0.187. The molecule has 0 amide bonds. The van der Waals surface area contributed by atoms with Crippen LogP contribution >= 0.6 is 9.24 Å². The molecule has 2 heteroatoms. The Hall–Kier alpha value is 0.390. The molecule has 0 aromatic rings. The molecule has 0 aliphatic rings. The molecule has 0 heterocycles. The zero-order valence-corrected chi connectivity index (χ0v) is 8.52. The number of hydrogen-bond donors (Lipinski definition) is 0. The fourth-order valence-electron chi connectivity index (χ4n) is 1.24. The van der Waals surface area contributed by atoms with Crippen LogP contribution in [-0.2, 0) is 0 Å². The van der Waals surface area contributed by atoms with Crippen molar-refractivity contribution in [2.45, 2.75) is 39.8 Å². The van der Waals surface area contributed by atoms with Gasteiger partial charge >= 0.3 is 0 Å². The van der Waals surface area contributed by atoms with Crippen molar-refractivity contribution in [2.75, 3.05) is 12.7 Å². The Morgan fingerprint density at radius 1 is 1.10 bits per heavy atom. The summed E-state index contributed by atoms with van der Waals surface area (Å²) in [5, 5.41) is 0. The van der Waals surface area contributed by atoms with E-state index < -0.39 is 0 Å². The number of nitrogens with zero attached hydrogens (tertiary/aromatic N) is 1. The molecule has 0 spiro atoms. The monoisotopic (exact) mass is 160 g/mol. The minimum absolute atomic E-state index is 0.663. The van der Waals surface area contributed by atoms with Gasteiger partial charge in [0.05, 0.1) is 0 Å². The van der Waals surface area contributed by atoms with E-state index in [0.29, 0.717) is 12.1 Å². The van der Waals surface area contributed by atoms with Crippen LogP contribution in [0.3, 0.4) is 0 Å². The Kier molecular flexibility index (Phi) is 5.29. The third kappa shape index (κ3) is 3.53. The van der Waals surface area contributed by atoms with Crippen LogP contribution in [0.4, 0.5) is 0 Å². The third-order valence-corrected chi connectivity index (χ3v) is 1.92. The predicted molar refractivity (Wildman–Crippen MR) is 50.2 cm³/mol. The maximum absolute atomic E-state index is 3.49. The van der Waals surface area contributed by atoms with Gasteiger partial charge in [-0.1, -0.05) is 9.24 Å². The lowest BCUT2D eigenvalue weighted by Crippen LogP contribution is -2.38. The highest BCUT2D eigenvalue weighted by Crippen LogP contribution is 2.04. The molecule has 1 radical (unpaired) electrons. The number of rotatable bonds is 4. The molecule has 0 N–H and O–H groups in total. The SMILES string of the molecule is CC(C)N(CC[PH])C(C)C. The van der Waals surface area contributed by atoms with E-state index in [-0.39, 0.29) is 0 Å². The highest BCUT2D eigenvalue weighted by Gasteiger charge is 2.10. The summed E-state index contributed by atoms with van der Waals surface area (Å²) in [6.07, 6.45) is 1.07. The summed E-state index contributed by atoms with van der Waals surface area (Å²) in [5.41, 5.74) is 0. The quantitative estimate of drug-likeness (QED) is 0.570. The maximum atomic E-state index is 3.49. The second-order valence-corrected chi connectivity index (χ2v) is 3.68. The van der Waals surface area contributed by atoms with E-state index in [0.717, 1.165) is 12.7 Å². The first-order valence-electron chi connectivity index (χ1n) is 4.00. The Labute approximate surface area is 67.4 Å². The van der Waals surface area contributed by atoms with E-state index in [1.807, 2.05) is 0 Å². The molecule has 0 atom stereocenters. The standard InChI is InChI=1S/C8H19NP/c1-7(2)9(5-6-10)8(3)4/h7-8,10H,5-6H2,1-4H3. The number of hydrogen-bond acceptors (Lipinski definition) is 1. The fraction of sp³-hybridized carbons (Fsp3) is 1.00. The first kappa shape index (κ1) is 10.4. The molecular weight excluding hydrogens is 141 g/mol. The summed E-state index contributed by atoms with van der Waals surface area (Å²) < 4.78 is 0. The van der Waals surface area contributed by atoms with Gasteiger partial charge in [-0.25, -0.2) is 0 Å².